The average Bonchev–Trinajstić information content (AvgIpc) is 3.11. The highest BCUT2D eigenvalue weighted by molar-refractivity contribution is 7.10. The summed E-state index contributed by atoms with van der Waals surface area (Å²) < 4.78 is 0. The van der Waals surface area contributed by atoms with Crippen molar-refractivity contribution < 1.29 is 4.79 Å². The third-order valence-corrected chi connectivity index (χ3v) is 4.35. The van der Waals surface area contributed by atoms with Crippen molar-refractivity contribution in [2.45, 2.75) is 31.7 Å². The van der Waals surface area contributed by atoms with Gasteiger partial charge in [0.05, 0.1) is 12.5 Å². The fourth-order valence-corrected chi connectivity index (χ4v) is 3.25. The Balaban J connectivity index is 1.75. The highest BCUT2D eigenvalue weighted by Crippen LogP contribution is 2.29. The van der Waals surface area contributed by atoms with Gasteiger partial charge in [0.15, 0.2) is 0 Å². The quantitative estimate of drug-likeness (QED) is 0.934. The maximum atomic E-state index is 12.4. The normalized spacial score (nSPS) is 19.6. The summed E-state index contributed by atoms with van der Waals surface area (Å²) in [4.78, 5) is 19.7. The van der Waals surface area contributed by atoms with Crippen LogP contribution in [-0.4, -0.2) is 32.5 Å². The van der Waals surface area contributed by atoms with Crippen LogP contribution >= 0.6 is 11.3 Å². The van der Waals surface area contributed by atoms with Crippen LogP contribution in [0.2, 0.25) is 0 Å². The fourth-order valence-electron chi connectivity index (χ4n) is 2.55. The van der Waals surface area contributed by atoms with Crippen molar-refractivity contribution in [1.29, 1.82) is 0 Å². The predicted octanol–water partition coefficient (Wildman–Crippen LogP) is 2.16. The Morgan fingerprint density at radius 2 is 2.47 bits per heavy atom. The van der Waals surface area contributed by atoms with Crippen LogP contribution in [0.25, 0.3) is 0 Å². The van der Waals surface area contributed by atoms with Crippen molar-refractivity contribution in [3.63, 3.8) is 0 Å². The molecule has 0 unspecified atom stereocenters. The molecule has 1 atom stereocenters. The van der Waals surface area contributed by atoms with E-state index < -0.39 is 0 Å². The molecule has 3 heterocycles. The molecule has 1 amide bonds. The molecule has 1 aliphatic heterocycles. The van der Waals surface area contributed by atoms with E-state index in [0.717, 1.165) is 36.5 Å². The SMILES string of the molecule is O=C(Cc1cccs1)N1CCCC[C@H]1c1ncn[nH]1. The summed E-state index contributed by atoms with van der Waals surface area (Å²) in [7, 11) is 0. The van der Waals surface area contributed by atoms with Crippen molar-refractivity contribution in [2.24, 2.45) is 0 Å². The van der Waals surface area contributed by atoms with Crippen LogP contribution in [0.1, 0.15) is 36.0 Å². The van der Waals surface area contributed by atoms with E-state index in [0.29, 0.717) is 6.42 Å². The van der Waals surface area contributed by atoms with E-state index in [1.807, 2.05) is 22.4 Å². The zero-order valence-corrected chi connectivity index (χ0v) is 11.4. The number of aromatic nitrogens is 3. The molecular formula is C13H16N4OS. The monoisotopic (exact) mass is 276 g/mol. The maximum Gasteiger partial charge on any atom is 0.228 e. The number of nitrogens with zero attached hydrogens (tertiary/aromatic N) is 3. The van der Waals surface area contributed by atoms with E-state index in [4.69, 9.17) is 0 Å². The van der Waals surface area contributed by atoms with Crippen LogP contribution in [0.15, 0.2) is 23.8 Å². The number of H-pyrrole nitrogens is 1. The number of carbonyl (C=O) groups is 1. The van der Waals surface area contributed by atoms with Gasteiger partial charge in [0, 0.05) is 11.4 Å². The fraction of sp³-hybridized carbons (Fsp3) is 0.462. The van der Waals surface area contributed by atoms with Crippen LogP contribution < -0.4 is 0 Å². The molecule has 0 aromatic carbocycles. The number of nitrogens with one attached hydrogen (secondary N) is 1. The number of piperidine rings is 1. The Bertz CT molecular complexity index is 523. The standard InChI is InChI=1S/C13H16N4OS/c18-12(8-10-4-3-7-19-10)17-6-2-1-5-11(17)13-14-9-15-16-13/h3-4,7,9,11H,1-2,5-6,8H2,(H,14,15,16)/t11-/m0/s1. The van der Waals surface area contributed by atoms with Gasteiger partial charge in [-0.05, 0) is 30.7 Å². The number of hydrogen-bond donors (Lipinski definition) is 1. The predicted molar refractivity (Wildman–Crippen MR) is 72.7 cm³/mol. The second-order valence-electron chi connectivity index (χ2n) is 4.73. The molecule has 1 aliphatic rings. The van der Waals surface area contributed by atoms with Crippen LogP contribution in [0.3, 0.4) is 0 Å². The van der Waals surface area contributed by atoms with E-state index in [1.54, 1.807) is 11.3 Å². The lowest BCUT2D eigenvalue weighted by Crippen LogP contribution is -2.39. The molecule has 3 rings (SSSR count). The Labute approximate surface area is 115 Å². The van der Waals surface area contributed by atoms with E-state index in [2.05, 4.69) is 15.2 Å². The summed E-state index contributed by atoms with van der Waals surface area (Å²) in [6.07, 6.45) is 5.16. The first kappa shape index (κ1) is 12.3. The minimum absolute atomic E-state index is 0.0590. The average molecular weight is 276 g/mol. The van der Waals surface area contributed by atoms with Gasteiger partial charge < -0.3 is 4.90 Å². The van der Waals surface area contributed by atoms with Crippen molar-refractivity contribution in [1.82, 2.24) is 20.1 Å². The minimum Gasteiger partial charge on any atom is -0.332 e. The zero-order valence-electron chi connectivity index (χ0n) is 10.6. The van der Waals surface area contributed by atoms with Crippen molar-refractivity contribution in [3.8, 4) is 0 Å². The second kappa shape index (κ2) is 5.52. The molecule has 0 bridgehead atoms. The Hall–Kier alpha value is -1.69. The van der Waals surface area contributed by atoms with E-state index >= 15 is 0 Å². The van der Waals surface area contributed by atoms with Gasteiger partial charge in [-0.3, -0.25) is 9.89 Å². The first-order valence-corrected chi connectivity index (χ1v) is 7.39. The third-order valence-electron chi connectivity index (χ3n) is 3.48. The van der Waals surface area contributed by atoms with E-state index in [1.165, 1.54) is 6.33 Å². The summed E-state index contributed by atoms with van der Waals surface area (Å²) in [5, 5.41) is 8.80. The number of aromatic amines is 1. The molecule has 1 N–H and O–H groups in total. The number of carbonyl (C=O) groups excluding carboxylic acids is 1. The molecule has 5 nitrogen and oxygen atoms in total. The van der Waals surface area contributed by atoms with Gasteiger partial charge in [-0.1, -0.05) is 6.07 Å². The molecule has 0 saturated carbocycles. The Kier molecular flexibility index (Phi) is 3.59. The van der Waals surface area contributed by atoms with E-state index in [9.17, 15) is 4.79 Å². The maximum absolute atomic E-state index is 12.4. The summed E-state index contributed by atoms with van der Waals surface area (Å²) in [6.45, 7) is 0.815. The van der Waals surface area contributed by atoms with Crippen LogP contribution in [0.4, 0.5) is 0 Å². The minimum atomic E-state index is 0.0590. The number of hydrogen-bond acceptors (Lipinski definition) is 4. The van der Waals surface area contributed by atoms with Crippen molar-refractivity contribution >= 4 is 17.2 Å². The molecule has 0 spiro atoms. The summed E-state index contributed by atoms with van der Waals surface area (Å²) in [6, 6.07) is 4.05. The largest absolute Gasteiger partial charge is 0.332 e. The lowest BCUT2D eigenvalue weighted by molar-refractivity contribution is -0.134. The second-order valence-corrected chi connectivity index (χ2v) is 5.76. The summed E-state index contributed by atoms with van der Waals surface area (Å²) in [5.74, 6) is 0.989. The zero-order chi connectivity index (χ0) is 13.1. The lowest BCUT2D eigenvalue weighted by Gasteiger charge is -2.34. The molecule has 100 valence electrons. The van der Waals surface area contributed by atoms with Gasteiger partial charge in [-0.15, -0.1) is 11.3 Å². The lowest BCUT2D eigenvalue weighted by atomic mass is 10.0. The molecule has 1 fully saturated rings. The highest BCUT2D eigenvalue weighted by atomic mass is 32.1. The summed E-state index contributed by atoms with van der Waals surface area (Å²) >= 11 is 1.63. The third kappa shape index (κ3) is 2.68. The first-order valence-electron chi connectivity index (χ1n) is 6.51. The molecular weight excluding hydrogens is 260 g/mol. The molecule has 0 radical (unpaired) electrons. The van der Waals surface area contributed by atoms with E-state index in [-0.39, 0.29) is 11.9 Å². The molecule has 6 heteroatoms. The molecule has 1 saturated heterocycles. The Morgan fingerprint density at radius 3 is 3.21 bits per heavy atom. The van der Waals surface area contributed by atoms with Crippen LogP contribution in [0.5, 0.6) is 0 Å². The first-order chi connectivity index (χ1) is 9.34. The van der Waals surface area contributed by atoms with Gasteiger partial charge in [0.2, 0.25) is 5.91 Å². The van der Waals surface area contributed by atoms with Crippen LogP contribution in [-0.2, 0) is 11.2 Å². The smallest absolute Gasteiger partial charge is 0.228 e. The van der Waals surface area contributed by atoms with Crippen LogP contribution in [0, 0.1) is 0 Å². The van der Waals surface area contributed by atoms with Gasteiger partial charge in [-0.25, -0.2) is 4.98 Å². The molecule has 19 heavy (non-hydrogen) atoms. The highest BCUT2D eigenvalue weighted by Gasteiger charge is 2.29. The number of amides is 1. The van der Waals surface area contributed by atoms with Crippen molar-refractivity contribution in [2.75, 3.05) is 6.54 Å². The van der Waals surface area contributed by atoms with Crippen molar-refractivity contribution in [3.05, 3.63) is 34.5 Å². The van der Waals surface area contributed by atoms with Gasteiger partial charge in [0.1, 0.15) is 12.2 Å². The van der Waals surface area contributed by atoms with Gasteiger partial charge in [0.25, 0.3) is 0 Å². The number of rotatable bonds is 3. The van der Waals surface area contributed by atoms with Gasteiger partial charge >= 0.3 is 0 Å². The molecule has 0 aliphatic carbocycles. The number of likely N-dealkylation sites (tertiary alicyclic amines) is 1. The van der Waals surface area contributed by atoms with Gasteiger partial charge in [-0.2, -0.15) is 5.10 Å². The molecule has 2 aromatic heterocycles. The summed E-state index contributed by atoms with van der Waals surface area (Å²) in [5.41, 5.74) is 0. The topological polar surface area (TPSA) is 61.9 Å². The Morgan fingerprint density at radius 1 is 1.53 bits per heavy atom. The molecule has 2 aromatic rings. The number of thiophene rings is 1.